The van der Waals surface area contributed by atoms with Crippen molar-refractivity contribution in [3.05, 3.63) is 52.0 Å². The molecule has 0 amide bonds. The fourth-order valence-corrected chi connectivity index (χ4v) is 3.81. The Morgan fingerprint density at radius 3 is 2.93 bits per heavy atom. The van der Waals surface area contributed by atoms with Gasteiger partial charge in [-0.3, -0.25) is 9.67 Å². The number of hydrogen-bond acceptors (Lipinski definition) is 2. The maximum absolute atomic E-state index is 13.9. The van der Waals surface area contributed by atoms with Gasteiger partial charge in [-0.05, 0) is 49.4 Å². The molecule has 2 heterocycles. The number of nitrogens with zero attached hydrogens (tertiary/aromatic N) is 4. The van der Waals surface area contributed by atoms with Crippen LogP contribution in [0.2, 0.25) is 0 Å². The molecular weight excluding hydrogens is 536 g/mol. The number of aromatic nitrogens is 2. The third-order valence-electron chi connectivity index (χ3n) is 4.90. The normalized spacial score (nSPS) is 16.9. The van der Waals surface area contributed by atoms with Crippen LogP contribution in [-0.4, -0.2) is 46.8 Å². The summed E-state index contributed by atoms with van der Waals surface area (Å²) in [7, 11) is 1.95. The highest BCUT2D eigenvalue weighted by atomic mass is 127. The van der Waals surface area contributed by atoms with Crippen LogP contribution in [0.3, 0.4) is 0 Å². The zero-order chi connectivity index (χ0) is 19.2. The van der Waals surface area contributed by atoms with Crippen molar-refractivity contribution in [3.8, 4) is 0 Å². The molecule has 0 bridgehead atoms. The summed E-state index contributed by atoms with van der Waals surface area (Å²) in [4.78, 5) is 7.09. The van der Waals surface area contributed by atoms with E-state index in [4.69, 9.17) is 4.99 Å². The standard InChI is InChI=1S/C20H27BrFN5.HI/c1-3-23-20(24-9-4-5-15-6-7-18(21)11-19(15)22)27-10-8-16(14-27)17-12-25-26(2)13-17;/h6-7,11-13,16H,3-5,8-10,14H2,1-2H3,(H,23,24);1H. The maximum Gasteiger partial charge on any atom is 0.193 e. The molecule has 3 rings (SSSR count). The maximum atomic E-state index is 13.9. The summed E-state index contributed by atoms with van der Waals surface area (Å²) >= 11 is 3.29. The molecule has 1 aromatic carbocycles. The van der Waals surface area contributed by atoms with E-state index in [0.29, 0.717) is 18.9 Å². The molecule has 5 nitrogen and oxygen atoms in total. The van der Waals surface area contributed by atoms with E-state index >= 15 is 0 Å². The molecule has 1 unspecified atom stereocenters. The van der Waals surface area contributed by atoms with Crippen LogP contribution in [0, 0.1) is 5.82 Å². The second kappa shape index (κ2) is 11.1. The third-order valence-corrected chi connectivity index (χ3v) is 5.39. The SMILES string of the molecule is CCNC(=NCCCc1ccc(Br)cc1F)N1CCC(c2cnn(C)c2)C1.I. The Kier molecular flexibility index (Phi) is 9.20. The van der Waals surface area contributed by atoms with Gasteiger partial charge in [0, 0.05) is 49.8 Å². The lowest BCUT2D eigenvalue weighted by atomic mass is 10.0. The fourth-order valence-electron chi connectivity index (χ4n) is 3.48. The predicted molar refractivity (Wildman–Crippen MR) is 126 cm³/mol. The number of hydrogen-bond donors (Lipinski definition) is 1. The average molecular weight is 564 g/mol. The molecule has 0 saturated carbocycles. The van der Waals surface area contributed by atoms with Crippen LogP contribution in [-0.2, 0) is 13.5 Å². The van der Waals surface area contributed by atoms with Gasteiger partial charge in [0.1, 0.15) is 5.82 Å². The number of benzene rings is 1. The van der Waals surface area contributed by atoms with E-state index in [0.717, 1.165) is 48.5 Å². The van der Waals surface area contributed by atoms with Gasteiger partial charge in [-0.2, -0.15) is 5.10 Å². The predicted octanol–water partition coefficient (Wildman–Crippen LogP) is 4.33. The molecule has 1 fully saturated rings. The molecule has 1 N–H and O–H groups in total. The molecule has 1 aliphatic rings. The monoisotopic (exact) mass is 563 g/mol. The summed E-state index contributed by atoms with van der Waals surface area (Å²) in [6.45, 7) is 5.56. The Labute approximate surface area is 191 Å². The lowest BCUT2D eigenvalue weighted by Crippen LogP contribution is -2.40. The molecular formula is C20H28BrFIN5. The van der Waals surface area contributed by atoms with Crippen LogP contribution in [0.25, 0.3) is 0 Å². The molecule has 1 saturated heterocycles. The van der Waals surface area contributed by atoms with E-state index in [1.165, 1.54) is 11.6 Å². The van der Waals surface area contributed by atoms with Crippen LogP contribution in [0.1, 0.15) is 36.8 Å². The Morgan fingerprint density at radius 2 is 2.25 bits per heavy atom. The topological polar surface area (TPSA) is 45.5 Å². The van der Waals surface area contributed by atoms with Gasteiger partial charge < -0.3 is 10.2 Å². The summed E-state index contributed by atoms with van der Waals surface area (Å²) < 4.78 is 16.5. The van der Waals surface area contributed by atoms with Gasteiger partial charge in [0.2, 0.25) is 0 Å². The quantitative estimate of drug-likeness (QED) is 0.246. The Bertz CT molecular complexity index is 795. The molecule has 8 heteroatoms. The molecule has 1 aromatic heterocycles. The summed E-state index contributed by atoms with van der Waals surface area (Å²) in [5, 5.41) is 7.68. The molecule has 1 atom stereocenters. The van der Waals surface area contributed by atoms with Crippen molar-refractivity contribution in [2.75, 3.05) is 26.2 Å². The van der Waals surface area contributed by atoms with Crippen molar-refractivity contribution < 1.29 is 4.39 Å². The van der Waals surface area contributed by atoms with Gasteiger partial charge in [0.15, 0.2) is 5.96 Å². The van der Waals surface area contributed by atoms with Gasteiger partial charge in [0.25, 0.3) is 0 Å². The van der Waals surface area contributed by atoms with Crippen LogP contribution < -0.4 is 5.32 Å². The second-order valence-electron chi connectivity index (χ2n) is 6.95. The molecule has 0 radical (unpaired) electrons. The van der Waals surface area contributed by atoms with Crippen molar-refractivity contribution >= 4 is 45.9 Å². The summed E-state index contributed by atoms with van der Waals surface area (Å²) in [5.41, 5.74) is 2.04. The number of rotatable bonds is 6. The smallest absolute Gasteiger partial charge is 0.193 e. The largest absolute Gasteiger partial charge is 0.357 e. The zero-order valence-electron chi connectivity index (χ0n) is 16.4. The number of nitrogens with one attached hydrogen (secondary N) is 1. The third kappa shape index (κ3) is 6.17. The minimum Gasteiger partial charge on any atom is -0.357 e. The van der Waals surface area contributed by atoms with E-state index in [1.807, 2.05) is 30.1 Å². The molecule has 28 heavy (non-hydrogen) atoms. The van der Waals surface area contributed by atoms with E-state index in [2.05, 4.69) is 44.4 Å². The summed E-state index contributed by atoms with van der Waals surface area (Å²) in [6.07, 6.45) is 6.70. The number of guanidine groups is 1. The highest BCUT2D eigenvalue weighted by Crippen LogP contribution is 2.26. The van der Waals surface area contributed by atoms with Gasteiger partial charge in [-0.15, -0.1) is 24.0 Å². The number of likely N-dealkylation sites (tertiary alicyclic amines) is 1. The van der Waals surface area contributed by atoms with Gasteiger partial charge in [0.05, 0.1) is 6.20 Å². The fraction of sp³-hybridized carbons (Fsp3) is 0.500. The first-order valence-electron chi connectivity index (χ1n) is 9.52. The first-order chi connectivity index (χ1) is 13.1. The molecule has 154 valence electrons. The lowest BCUT2D eigenvalue weighted by Gasteiger charge is -2.21. The zero-order valence-corrected chi connectivity index (χ0v) is 20.3. The van der Waals surface area contributed by atoms with E-state index in [9.17, 15) is 4.39 Å². The molecule has 0 spiro atoms. The Balaban J connectivity index is 0.00000280. The van der Waals surface area contributed by atoms with Crippen molar-refractivity contribution in [2.45, 2.75) is 32.1 Å². The molecule has 1 aliphatic heterocycles. The van der Waals surface area contributed by atoms with Crippen molar-refractivity contribution in [2.24, 2.45) is 12.0 Å². The highest BCUT2D eigenvalue weighted by Gasteiger charge is 2.26. The van der Waals surface area contributed by atoms with E-state index in [1.54, 1.807) is 0 Å². The summed E-state index contributed by atoms with van der Waals surface area (Å²) in [5.74, 6) is 1.30. The molecule has 2 aromatic rings. The van der Waals surface area contributed by atoms with Crippen LogP contribution in [0.15, 0.2) is 40.1 Å². The molecule has 0 aliphatic carbocycles. The lowest BCUT2D eigenvalue weighted by molar-refractivity contribution is 0.485. The average Bonchev–Trinajstić information content (AvgIpc) is 3.28. The van der Waals surface area contributed by atoms with E-state index < -0.39 is 0 Å². The van der Waals surface area contributed by atoms with Gasteiger partial charge in [-0.25, -0.2) is 4.39 Å². The number of halogens is 3. The second-order valence-corrected chi connectivity index (χ2v) is 7.87. The number of aliphatic imine (C=N–C) groups is 1. The van der Waals surface area contributed by atoms with Crippen molar-refractivity contribution in [3.63, 3.8) is 0 Å². The minimum absolute atomic E-state index is 0. The Morgan fingerprint density at radius 1 is 1.43 bits per heavy atom. The van der Waals surface area contributed by atoms with E-state index in [-0.39, 0.29) is 29.8 Å². The number of aryl methyl sites for hydroxylation is 2. The van der Waals surface area contributed by atoms with Gasteiger partial charge in [-0.1, -0.05) is 22.0 Å². The first-order valence-corrected chi connectivity index (χ1v) is 10.3. The van der Waals surface area contributed by atoms with Crippen LogP contribution in [0.4, 0.5) is 4.39 Å². The van der Waals surface area contributed by atoms with Crippen LogP contribution in [0.5, 0.6) is 0 Å². The van der Waals surface area contributed by atoms with Crippen LogP contribution >= 0.6 is 39.9 Å². The first kappa shape index (κ1) is 23.1. The Hall–Kier alpha value is -1.16. The summed E-state index contributed by atoms with van der Waals surface area (Å²) in [6, 6.07) is 5.24. The van der Waals surface area contributed by atoms with Crippen molar-refractivity contribution in [1.82, 2.24) is 20.0 Å². The highest BCUT2D eigenvalue weighted by molar-refractivity contribution is 14.0. The van der Waals surface area contributed by atoms with Gasteiger partial charge >= 0.3 is 0 Å². The van der Waals surface area contributed by atoms with Crippen molar-refractivity contribution in [1.29, 1.82) is 0 Å². The minimum atomic E-state index is -0.154.